The molecule has 2 atom stereocenters. The summed E-state index contributed by atoms with van der Waals surface area (Å²) in [5, 5.41) is 0. The molecule has 0 radical (unpaired) electrons. The number of carbonyl (C=O) groups is 2. The van der Waals surface area contributed by atoms with Gasteiger partial charge in [-0.25, -0.2) is 0 Å². The van der Waals surface area contributed by atoms with Gasteiger partial charge in [0.1, 0.15) is 12.1 Å². The zero-order valence-corrected chi connectivity index (χ0v) is 14.3. The Morgan fingerprint density at radius 2 is 1.05 bits per heavy atom. The predicted molar refractivity (Wildman–Crippen MR) is 86.0 cm³/mol. The monoisotopic (exact) mass is 316 g/mol. The third kappa shape index (κ3) is 9.00. The average molecular weight is 316 g/mol. The molecule has 0 fully saturated rings. The summed E-state index contributed by atoms with van der Waals surface area (Å²) >= 11 is 0. The van der Waals surface area contributed by atoms with Gasteiger partial charge in [0, 0.05) is 0 Å². The van der Waals surface area contributed by atoms with E-state index in [-0.39, 0.29) is 23.8 Å². The van der Waals surface area contributed by atoms with Gasteiger partial charge >= 0.3 is 11.9 Å². The maximum atomic E-state index is 11.5. The van der Waals surface area contributed by atoms with Gasteiger partial charge in [-0.3, -0.25) is 9.59 Å². The van der Waals surface area contributed by atoms with E-state index in [9.17, 15) is 9.59 Å². The van der Waals surface area contributed by atoms with Crippen LogP contribution < -0.4 is 11.5 Å². The second kappa shape index (κ2) is 11.4. The summed E-state index contributed by atoms with van der Waals surface area (Å²) in [7, 11) is 0. The molecule has 4 N–H and O–H groups in total. The Morgan fingerprint density at radius 1 is 0.727 bits per heavy atom. The molecule has 0 aliphatic carbocycles. The van der Waals surface area contributed by atoms with Crippen LogP contribution in [0.3, 0.4) is 0 Å². The van der Waals surface area contributed by atoms with E-state index < -0.39 is 12.1 Å². The minimum Gasteiger partial charge on any atom is -0.465 e. The smallest absolute Gasteiger partial charge is 0.323 e. The van der Waals surface area contributed by atoms with E-state index in [1.807, 2.05) is 27.7 Å². The van der Waals surface area contributed by atoms with Crippen LogP contribution in [0.1, 0.15) is 53.4 Å². The summed E-state index contributed by atoms with van der Waals surface area (Å²) in [5.74, 6) is -0.517. The van der Waals surface area contributed by atoms with Gasteiger partial charge in [-0.15, -0.1) is 0 Å². The van der Waals surface area contributed by atoms with Crippen LogP contribution in [0.25, 0.3) is 0 Å². The molecule has 0 aromatic carbocycles. The number of unbranched alkanes of at least 4 members (excludes halogenated alkanes) is 3. The van der Waals surface area contributed by atoms with Gasteiger partial charge in [-0.1, -0.05) is 27.7 Å². The van der Waals surface area contributed by atoms with Crippen LogP contribution in [0.15, 0.2) is 0 Å². The molecule has 0 aliphatic rings. The third-order valence-corrected chi connectivity index (χ3v) is 3.51. The van der Waals surface area contributed by atoms with Crippen molar-refractivity contribution < 1.29 is 19.1 Å². The fourth-order valence-electron chi connectivity index (χ4n) is 1.64. The molecule has 0 heterocycles. The van der Waals surface area contributed by atoms with Crippen molar-refractivity contribution in [2.45, 2.75) is 65.5 Å². The first-order valence-corrected chi connectivity index (χ1v) is 8.11. The van der Waals surface area contributed by atoms with Gasteiger partial charge in [0.05, 0.1) is 13.2 Å². The molecule has 0 rings (SSSR count). The van der Waals surface area contributed by atoms with Crippen LogP contribution in [0.5, 0.6) is 0 Å². The standard InChI is InChI=1S/C16H32N2O4/c1-11(2)13(17)15(19)21-9-7-5-6-8-10-22-16(20)14(18)12(3)4/h11-14H,5-10,17-18H2,1-4H3/t13-,14-/m0/s1. The highest BCUT2D eigenvalue weighted by molar-refractivity contribution is 5.76. The van der Waals surface area contributed by atoms with Crippen LogP contribution in [-0.2, 0) is 19.1 Å². The van der Waals surface area contributed by atoms with E-state index in [1.165, 1.54) is 0 Å². The van der Waals surface area contributed by atoms with Crippen LogP contribution in [0.2, 0.25) is 0 Å². The summed E-state index contributed by atoms with van der Waals surface area (Å²) in [6, 6.07) is -1.10. The van der Waals surface area contributed by atoms with Gasteiger partial charge < -0.3 is 20.9 Å². The second-order valence-corrected chi connectivity index (χ2v) is 6.29. The lowest BCUT2D eigenvalue weighted by atomic mass is 10.1. The highest BCUT2D eigenvalue weighted by Gasteiger charge is 2.19. The fourth-order valence-corrected chi connectivity index (χ4v) is 1.64. The van der Waals surface area contributed by atoms with Crippen molar-refractivity contribution in [2.75, 3.05) is 13.2 Å². The van der Waals surface area contributed by atoms with Crippen molar-refractivity contribution in [3.63, 3.8) is 0 Å². The number of nitrogens with two attached hydrogens (primary N) is 2. The number of esters is 2. The Bertz CT molecular complexity index is 300. The van der Waals surface area contributed by atoms with Crippen molar-refractivity contribution in [3.05, 3.63) is 0 Å². The Labute approximate surface area is 133 Å². The molecule has 6 nitrogen and oxygen atoms in total. The molecule has 0 unspecified atom stereocenters. The summed E-state index contributed by atoms with van der Waals surface area (Å²) < 4.78 is 10.2. The zero-order valence-electron chi connectivity index (χ0n) is 14.3. The molecule has 0 saturated carbocycles. The van der Waals surface area contributed by atoms with Gasteiger partial charge in [0.25, 0.3) is 0 Å². The first-order chi connectivity index (χ1) is 10.3. The molecule has 0 spiro atoms. The topological polar surface area (TPSA) is 105 Å². The van der Waals surface area contributed by atoms with Crippen molar-refractivity contribution in [3.8, 4) is 0 Å². The molecule has 0 aromatic heterocycles. The van der Waals surface area contributed by atoms with Gasteiger partial charge in [-0.05, 0) is 37.5 Å². The summed E-state index contributed by atoms with van der Waals surface area (Å²) in [4.78, 5) is 23.0. The number of hydrogen-bond acceptors (Lipinski definition) is 6. The van der Waals surface area contributed by atoms with Gasteiger partial charge in [0.2, 0.25) is 0 Å². The molecule has 22 heavy (non-hydrogen) atoms. The van der Waals surface area contributed by atoms with E-state index in [0.29, 0.717) is 13.2 Å². The molecule has 0 saturated heterocycles. The molecule has 6 heteroatoms. The number of carbonyl (C=O) groups excluding carboxylic acids is 2. The number of rotatable bonds is 11. The SMILES string of the molecule is CC(C)[C@H](N)C(=O)OCCCCCCOC(=O)[C@@H](N)C(C)C. The largest absolute Gasteiger partial charge is 0.465 e. The quantitative estimate of drug-likeness (QED) is 0.443. The van der Waals surface area contributed by atoms with Crippen LogP contribution >= 0.6 is 0 Å². The van der Waals surface area contributed by atoms with E-state index in [4.69, 9.17) is 20.9 Å². The maximum Gasteiger partial charge on any atom is 0.323 e. The zero-order chi connectivity index (χ0) is 17.1. The summed E-state index contributed by atoms with van der Waals surface area (Å²) in [5.41, 5.74) is 11.4. The van der Waals surface area contributed by atoms with Crippen LogP contribution in [0, 0.1) is 11.8 Å². The minimum atomic E-state index is -0.551. The Kier molecular flexibility index (Phi) is 10.8. The highest BCUT2D eigenvalue weighted by Crippen LogP contribution is 2.05. The van der Waals surface area contributed by atoms with Crippen molar-refractivity contribution >= 4 is 11.9 Å². The first-order valence-electron chi connectivity index (χ1n) is 8.11. The molecule has 130 valence electrons. The fraction of sp³-hybridized carbons (Fsp3) is 0.875. The Hall–Kier alpha value is -1.14. The van der Waals surface area contributed by atoms with E-state index in [1.54, 1.807) is 0 Å². The predicted octanol–water partition coefficient (Wildman–Crippen LogP) is 1.60. The maximum absolute atomic E-state index is 11.5. The Balaban J connectivity index is 3.52. The highest BCUT2D eigenvalue weighted by atomic mass is 16.5. The van der Waals surface area contributed by atoms with Crippen molar-refractivity contribution in [1.82, 2.24) is 0 Å². The molecule has 0 bridgehead atoms. The van der Waals surface area contributed by atoms with Crippen LogP contribution in [0.4, 0.5) is 0 Å². The van der Waals surface area contributed by atoms with Crippen LogP contribution in [-0.4, -0.2) is 37.2 Å². The van der Waals surface area contributed by atoms with Crippen molar-refractivity contribution in [2.24, 2.45) is 23.3 Å². The molecule has 0 aliphatic heterocycles. The number of hydrogen-bond donors (Lipinski definition) is 2. The normalized spacial score (nSPS) is 14.0. The van der Waals surface area contributed by atoms with Gasteiger partial charge in [-0.2, -0.15) is 0 Å². The molecular weight excluding hydrogens is 284 g/mol. The third-order valence-electron chi connectivity index (χ3n) is 3.51. The van der Waals surface area contributed by atoms with Crippen molar-refractivity contribution in [1.29, 1.82) is 0 Å². The van der Waals surface area contributed by atoms with Gasteiger partial charge in [0.15, 0.2) is 0 Å². The number of ether oxygens (including phenoxy) is 2. The Morgan fingerprint density at radius 3 is 1.32 bits per heavy atom. The average Bonchev–Trinajstić information content (AvgIpc) is 2.47. The van der Waals surface area contributed by atoms with E-state index in [0.717, 1.165) is 25.7 Å². The molecular formula is C16H32N2O4. The minimum absolute atomic E-state index is 0.0828. The lowest BCUT2D eigenvalue weighted by molar-refractivity contribution is -0.147. The summed E-state index contributed by atoms with van der Waals surface area (Å²) in [6.07, 6.45) is 3.40. The lowest BCUT2D eigenvalue weighted by Crippen LogP contribution is -2.37. The van der Waals surface area contributed by atoms with E-state index >= 15 is 0 Å². The molecule has 0 amide bonds. The first kappa shape index (κ1) is 20.9. The van der Waals surface area contributed by atoms with E-state index in [2.05, 4.69) is 0 Å². The second-order valence-electron chi connectivity index (χ2n) is 6.29. The summed E-state index contributed by atoms with van der Waals surface area (Å²) in [6.45, 7) is 8.32. The molecule has 0 aromatic rings. The lowest BCUT2D eigenvalue weighted by Gasteiger charge is -2.15.